The summed E-state index contributed by atoms with van der Waals surface area (Å²) < 4.78 is 16.8. The highest BCUT2D eigenvalue weighted by atomic mass is 16.6. The Balaban J connectivity index is 4.44. The Morgan fingerprint density at radius 3 is 0.926 bits per heavy atom. The molecule has 0 amide bonds. The van der Waals surface area contributed by atoms with E-state index < -0.39 is 6.10 Å². The number of hydrogen-bond acceptors (Lipinski definition) is 6. The molecule has 6 nitrogen and oxygen atoms in total. The predicted molar refractivity (Wildman–Crippen MR) is 293 cm³/mol. The Morgan fingerprint density at radius 2 is 0.559 bits per heavy atom. The van der Waals surface area contributed by atoms with Gasteiger partial charge in [-0.2, -0.15) is 0 Å². The molecule has 1 atom stereocenters. The van der Waals surface area contributed by atoms with E-state index in [2.05, 4.69) is 81.5 Å². The fraction of sp³-hybridized carbons (Fsp3) is 0.726. The van der Waals surface area contributed by atoms with Gasteiger partial charge in [0.05, 0.1) is 0 Å². The number of unbranched alkanes of at least 4 members (excludes halogenated alkanes) is 31. The molecule has 0 N–H and O–H groups in total. The van der Waals surface area contributed by atoms with Crippen LogP contribution in [0, 0.1) is 0 Å². The molecule has 0 aromatic heterocycles. The second-order valence-electron chi connectivity index (χ2n) is 19.0. The SMILES string of the molecule is CCC\C=C/C=C\C=C/C=C\C=C/CCCCCCCC(=O)OCC(COC(=O)CCCCCCCC/C=C\C=C/CCCCC)OC(=O)CCCCCCCCCCCCCCCCCCC. The van der Waals surface area contributed by atoms with E-state index >= 15 is 0 Å². The minimum atomic E-state index is -0.791. The average molecular weight is 948 g/mol. The first-order chi connectivity index (χ1) is 33.5. The van der Waals surface area contributed by atoms with Crippen LogP contribution in [0.25, 0.3) is 0 Å². The maximum atomic E-state index is 12.9. The van der Waals surface area contributed by atoms with Crippen molar-refractivity contribution in [1.29, 1.82) is 0 Å². The van der Waals surface area contributed by atoms with Crippen molar-refractivity contribution in [1.82, 2.24) is 0 Å². The molecular formula is C62H106O6. The zero-order chi connectivity index (χ0) is 49.3. The number of ether oxygens (including phenoxy) is 3. The first-order valence-electron chi connectivity index (χ1n) is 28.7. The smallest absolute Gasteiger partial charge is 0.306 e. The zero-order valence-electron chi connectivity index (χ0n) is 44.6. The van der Waals surface area contributed by atoms with Crippen molar-refractivity contribution < 1.29 is 28.6 Å². The largest absolute Gasteiger partial charge is 0.462 e. The van der Waals surface area contributed by atoms with Crippen LogP contribution in [0.1, 0.15) is 271 Å². The molecule has 0 saturated carbocycles. The predicted octanol–water partition coefficient (Wildman–Crippen LogP) is 19.2. The van der Waals surface area contributed by atoms with Gasteiger partial charge in [0.15, 0.2) is 6.10 Å². The van der Waals surface area contributed by atoms with Gasteiger partial charge in [0, 0.05) is 19.3 Å². The summed E-state index contributed by atoms with van der Waals surface area (Å²) in [6.45, 7) is 6.51. The topological polar surface area (TPSA) is 78.9 Å². The molecule has 0 aromatic rings. The number of rotatable bonds is 51. The van der Waals surface area contributed by atoms with Gasteiger partial charge in [-0.15, -0.1) is 0 Å². The van der Waals surface area contributed by atoms with Gasteiger partial charge in [-0.05, 0) is 64.2 Å². The second kappa shape index (κ2) is 56.2. The van der Waals surface area contributed by atoms with Crippen molar-refractivity contribution >= 4 is 17.9 Å². The highest BCUT2D eigenvalue weighted by molar-refractivity contribution is 5.71. The highest BCUT2D eigenvalue weighted by Gasteiger charge is 2.19. The van der Waals surface area contributed by atoms with Crippen molar-refractivity contribution in [3.8, 4) is 0 Å². The molecule has 0 fully saturated rings. The Hall–Kier alpha value is -3.41. The number of esters is 3. The molecule has 0 aliphatic heterocycles. The monoisotopic (exact) mass is 947 g/mol. The zero-order valence-corrected chi connectivity index (χ0v) is 44.6. The summed E-state index contributed by atoms with van der Waals surface area (Å²) >= 11 is 0. The van der Waals surface area contributed by atoms with E-state index in [1.165, 1.54) is 141 Å². The van der Waals surface area contributed by atoms with Crippen molar-refractivity contribution in [3.05, 3.63) is 85.1 Å². The number of carbonyl (C=O) groups excluding carboxylic acids is 3. The molecule has 6 heteroatoms. The van der Waals surface area contributed by atoms with E-state index in [1.54, 1.807) is 0 Å². The summed E-state index contributed by atoms with van der Waals surface area (Å²) in [5, 5.41) is 0. The van der Waals surface area contributed by atoms with E-state index in [-0.39, 0.29) is 31.1 Å². The molecule has 0 aliphatic carbocycles. The highest BCUT2D eigenvalue weighted by Crippen LogP contribution is 2.16. The van der Waals surface area contributed by atoms with Crippen LogP contribution in [0.15, 0.2) is 85.1 Å². The Labute approximate surface area is 420 Å². The third-order valence-electron chi connectivity index (χ3n) is 12.3. The van der Waals surface area contributed by atoms with Gasteiger partial charge in [-0.25, -0.2) is 0 Å². The molecule has 0 bridgehead atoms. The van der Waals surface area contributed by atoms with Crippen LogP contribution < -0.4 is 0 Å². The lowest BCUT2D eigenvalue weighted by atomic mass is 10.0. The van der Waals surface area contributed by atoms with Crippen LogP contribution in [0.5, 0.6) is 0 Å². The van der Waals surface area contributed by atoms with Gasteiger partial charge in [0.2, 0.25) is 0 Å². The quantitative estimate of drug-likeness (QED) is 0.0262. The number of carbonyl (C=O) groups is 3. The second-order valence-corrected chi connectivity index (χ2v) is 19.0. The summed E-state index contributed by atoms with van der Waals surface area (Å²) in [7, 11) is 0. The fourth-order valence-corrected chi connectivity index (χ4v) is 7.93. The minimum absolute atomic E-state index is 0.0896. The van der Waals surface area contributed by atoms with Crippen LogP contribution in [0.4, 0.5) is 0 Å². The summed E-state index contributed by atoms with van der Waals surface area (Å²) in [6, 6.07) is 0. The summed E-state index contributed by atoms with van der Waals surface area (Å²) in [6.07, 6.45) is 72.7. The van der Waals surface area contributed by atoms with E-state index in [0.717, 1.165) is 89.9 Å². The first-order valence-corrected chi connectivity index (χ1v) is 28.7. The number of hydrogen-bond donors (Lipinski definition) is 0. The van der Waals surface area contributed by atoms with E-state index in [1.807, 2.05) is 24.3 Å². The molecule has 0 spiro atoms. The molecule has 0 aromatic carbocycles. The lowest BCUT2D eigenvalue weighted by Crippen LogP contribution is -2.30. The van der Waals surface area contributed by atoms with Crippen molar-refractivity contribution in [2.75, 3.05) is 13.2 Å². The normalized spacial score (nSPS) is 12.7. The van der Waals surface area contributed by atoms with Gasteiger partial charge in [-0.3, -0.25) is 14.4 Å². The van der Waals surface area contributed by atoms with Crippen molar-refractivity contribution in [2.24, 2.45) is 0 Å². The fourth-order valence-electron chi connectivity index (χ4n) is 7.93. The van der Waals surface area contributed by atoms with E-state index in [4.69, 9.17) is 14.2 Å². The van der Waals surface area contributed by atoms with Crippen LogP contribution in [-0.4, -0.2) is 37.2 Å². The molecule has 0 aliphatic rings. The summed E-state index contributed by atoms with van der Waals surface area (Å²) in [5.74, 6) is -0.917. The van der Waals surface area contributed by atoms with Crippen LogP contribution >= 0.6 is 0 Å². The molecule has 0 saturated heterocycles. The van der Waals surface area contributed by atoms with Gasteiger partial charge < -0.3 is 14.2 Å². The minimum Gasteiger partial charge on any atom is -0.462 e. The van der Waals surface area contributed by atoms with Crippen LogP contribution in [-0.2, 0) is 28.6 Å². The van der Waals surface area contributed by atoms with Gasteiger partial charge >= 0.3 is 17.9 Å². The van der Waals surface area contributed by atoms with E-state index in [9.17, 15) is 14.4 Å². The van der Waals surface area contributed by atoms with Crippen molar-refractivity contribution in [3.63, 3.8) is 0 Å². The van der Waals surface area contributed by atoms with Gasteiger partial charge in [0.1, 0.15) is 13.2 Å². The molecule has 1 unspecified atom stereocenters. The van der Waals surface area contributed by atoms with Gasteiger partial charge in [0.25, 0.3) is 0 Å². The average Bonchev–Trinajstić information content (AvgIpc) is 3.34. The Kier molecular flexibility index (Phi) is 53.4. The first kappa shape index (κ1) is 64.6. The van der Waals surface area contributed by atoms with Crippen LogP contribution in [0.2, 0.25) is 0 Å². The molecule has 0 radical (unpaired) electrons. The van der Waals surface area contributed by atoms with Gasteiger partial charge in [-0.1, -0.05) is 273 Å². The third kappa shape index (κ3) is 53.5. The maximum absolute atomic E-state index is 12.9. The molecule has 0 heterocycles. The lowest BCUT2D eigenvalue weighted by molar-refractivity contribution is -0.167. The third-order valence-corrected chi connectivity index (χ3v) is 12.3. The van der Waals surface area contributed by atoms with E-state index in [0.29, 0.717) is 19.3 Å². The maximum Gasteiger partial charge on any atom is 0.306 e. The standard InChI is InChI=1S/C62H106O6/c1-4-7-10-13-16-19-22-25-28-30-32-34-37-40-43-46-49-52-55-61(64)67-58-59(57-66-60(63)54-51-48-45-42-39-36-33-27-24-21-18-15-12-9-6-3)68-62(65)56-53-50-47-44-41-38-35-31-29-26-23-20-17-14-11-8-5-2/h10,13,16,18-19,21-22,24-25,27-28,30,32,34,59H,4-9,11-12,14-15,17,20,23,26,29,31,33,35-58H2,1-3H3/b13-10-,19-16-,21-18-,25-22-,27-24-,30-28-,34-32-. The van der Waals surface area contributed by atoms with Crippen molar-refractivity contribution in [2.45, 2.75) is 277 Å². The number of allylic oxidation sites excluding steroid dienone is 14. The molecule has 0 rings (SSSR count). The van der Waals surface area contributed by atoms with Crippen LogP contribution in [0.3, 0.4) is 0 Å². The lowest BCUT2D eigenvalue weighted by Gasteiger charge is -2.18. The molecular weight excluding hydrogens is 841 g/mol. The summed E-state index contributed by atoms with van der Waals surface area (Å²) in [5.41, 5.74) is 0. The Bertz CT molecular complexity index is 1320. The summed E-state index contributed by atoms with van der Waals surface area (Å²) in [4.78, 5) is 38.2. The molecule has 390 valence electrons. The Morgan fingerprint density at radius 1 is 0.294 bits per heavy atom. The molecule has 68 heavy (non-hydrogen) atoms.